The van der Waals surface area contributed by atoms with Crippen LogP contribution in [0.2, 0.25) is 0 Å². The number of hydrogen-bond donors (Lipinski definition) is 2. The quantitative estimate of drug-likeness (QED) is 0.0626. The number of para-hydroxylation sites is 4. The lowest BCUT2D eigenvalue weighted by Crippen LogP contribution is -2.15. The van der Waals surface area contributed by atoms with Crippen LogP contribution in [0.4, 0.5) is 11.4 Å². The van der Waals surface area contributed by atoms with E-state index in [0.717, 1.165) is 33.4 Å². The summed E-state index contributed by atoms with van der Waals surface area (Å²) in [6, 6.07) is 33.1. The molecular formula is C54H52N2O10S. The first-order chi connectivity index (χ1) is 31.9. The molecular weight excluding hydrogens is 869 g/mol. The molecule has 0 saturated carbocycles. The number of anilines is 2. The van der Waals surface area contributed by atoms with Gasteiger partial charge in [0.05, 0.1) is 34.4 Å². The van der Waals surface area contributed by atoms with Gasteiger partial charge in [-0.3, -0.25) is 9.59 Å². The van der Waals surface area contributed by atoms with Crippen molar-refractivity contribution in [1.29, 1.82) is 0 Å². The predicted molar refractivity (Wildman–Crippen MR) is 258 cm³/mol. The molecule has 0 aliphatic heterocycles. The van der Waals surface area contributed by atoms with Crippen molar-refractivity contribution >= 4 is 45.0 Å². The van der Waals surface area contributed by atoms with E-state index in [1.54, 1.807) is 98.8 Å². The van der Waals surface area contributed by atoms with E-state index in [1.807, 2.05) is 39.8 Å². The molecule has 0 aromatic heterocycles. The molecule has 13 heteroatoms. The molecule has 0 atom stereocenters. The van der Waals surface area contributed by atoms with E-state index in [2.05, 4.69) is 23.8 Å². The number of rotatable bonds is 18. The molecule has 0 aliphatic rings. The highest BCUT2D eigenvalue weighted by molar-refractivity contribution is 7.91. The lowest BCUT2D eigenvalue weighted by atomic mass is 9.97. The summed E-state index contributed by atoms with van der Waals surface area (Å²) in [7, 11) is -4.11. The molecule has 2 amide bonds. The van der Waals surface area contributed by atoms with Crippen molar-refractivity contribution in [3.8, 4) is 23.0 Å². The molecule has 0 unspecified atom stereocenters. The molecule has 0 bridgehead atoms. The lowest BCUT2D eigenvalue weighted by molar-refractivity contribution is -0.139. The Kier molecular flexibility index (Phi) is 15.6. The highest BCUT2D eigenvalue weighted by atomic mass is 32.2. The summed E-state index contributed by atoms with van der Waals surface area (Å²) in [6.45, 7) is 18.2. The van der Waals surface area contributed by atoms with Crippen molar-refractivity contribution in [2.45, 2.75) is 64.2 Å². The van der Waals surface area contributed by atoms with Gasteiger partial charge in [0.15, 0.2) is 11.5 Å². The van der Waals surface area contributed by atoms with Gasteiger partial charge in [-0.2, -0.15) is 0 Å². The Morgan fingerprint density at radius 3 is 1.28 bits per heavy atom. The normalized spacial score (nSPS) is 11.0. The zero-order chi connectivity index (χ0) is 48.4. The molecule has 0 spiro atoms. The van der Waals surface area contributed by atoms with Gasteiger partial charge in [0.1, 0.15) is 11.5 Å². The molecule has 344 valence electrons. The molecule has 6 rings (SSSR count). The SMILES string of the molecule is C=C(C)C(=O)OCCc1cc(C)c(C(=O)Nc2ccccc2Oc2cccc(S(=O)(=O)c3cccc(Oc4ccccc4NC(=O)c4cc(C)c(CCOC(=O)C(=C)C)cc4C)c3)c2)cc1C. The van der Waals surface area contributed by atoms with Gasteiger partial charge in [-0.1, -0.05) is 61.7 Å². The average Bonchev–Trinajstić information content (AvgIpc) is 3.29. The van der Waals surface area contributed by atoms with Crippen LogP contribution >= 0.6 is 0 Å². The molecule has 0 heterocycles. The van der Waals surface area contributed by atoms with E-state index in [0.29, 0.717) is 46.5 Å². The highest BCUT2D eigenvalue weighted by Gasteiger charge is 2.22. The van der Waals surface area contributed by atoms with Gasteiger partial charge >= 0.3 is 11.9 Å². The molecule has 0 aliphatic carbocycles. The summed E-state index contributed by atoms with van der Waals surface area (Å²) in [5.74, 6) is -0.631. The zero-order valence-corrected chi connectivity index (χ0v) is 39.1. The van der Waals surface area contributed by atoms with E-state index in [-0.39, 0.29) is 57.8 Å². The van der Waals surface area contributed by atoms with Crippen LogP contribution in [-0.2, 0) is 41.7 Å². The second-order valence-electron chi connectivity index (χ2n) is 16.1. The molecule has 6 aromatic rings. The lowest BCUT2D eigenvalue weighted by Gasteiger charge is -2.16. The fraction of sp³-hybridized carbons (Fsp3) is 0.185. The van der Waals surface area contributed by atoms with Gasteiger partial charge in [-0.05, 0) is 148 Å². The largest absolute Gasteiger partial charge is 0.462 e. The van der Waals surface area contributed by atoms with Crippen molar-refractivity contribution in [3.05, 3.63) is 190 Å². The van der Waals surface area contributed by atoms with Gasteiger partial charge in [-0.15, -0.1) is 0 Å². The van der Waals surface area contributed by atoms with Crippen molar-refractivity contribution < 1.29 is 46.5 Å². The summed E-state index contributed by atoms with van der Waals surface area (Å²) in [4.78, 5) is 50.8. The Bertz CT molecular complexity index is 2830. The smallest absolute Gasteiger partial charge is 0.333 e. The van der Waals surface area contributed by atoms with Gasteiger partial charge < -0.3 is 29.6 Å². The number of benzene rings is 6. The maximum Gasteiger partial charge on any atom is 0.333 e. The third-order valence-electron chi connectivity index (χ3n) is 10.7. The van der Waals surface area contributed by atoms with Crippen LogP contribution in [0.1, 0.15) is 67.9 Å². The number of carbonyl (C=O) groups excluding carboxylic acids is 4. The Morgan fingerprint density at radius 2 is 0.896 bits per heavy atom. The summed E-state index contributed by atoms with van der Waals surface area (Å²) in [5.41, 5.74) is 7.35. The van der Waals surface area contributed by atoms with Crippen LogP contribution < -0.4 is 20.1 Å². The van der Waals surface area contributed by atoms with Gasteiger partial charge in [0, 0.05) is 35.1 Å². The maximum atomic E-state index is 14.1. The Hall–Kier alpha value is -7.77. The van der Waals surface area contributed by atoms with Gasteiger partial charge in [-0.25, -0.2) is 18.0 Å². The molecule has 0 saturated heterocycles. The minimum absolute atomic E-state index is 0.0403. The fourth-order valence-electron chi connectivity index (χ4n) is 7.03. The van der Waals surface area contributed by atoms with Crippen LogP contribution in [0.25, 0.3) is 0 Å². The topological polar surface area (TPSA) is 163 Å². The number of hydrogen-bond acceptors (Lipinski definition) is 10. The first kappa shape index (κ1) is 48.7. The van der Waals surface area contributed by atoms with E-state index in [1.165, 1.54) is 24.3 Å². The van der Waals surface area contributed by atoms with Crippen molar-refractivity contribution in [1.82, 2.24) is 0 Å². The standard InChI is InChI=1S/C54H52N2O10S/c1-33(2)53(59)63-25-23-39-27-37(7)45(29-35(39)5)51(57)55-47-19-9-11-21-49(47)65-41-15-13-17-43(31-41)67(61,62)44-18-14-16-42(32-44)66-50-22-12-10-20-48(50)56-52(58)46-30-36(6)40(28-38(46)8)24-26-64-54(60)34(3)4/h9-22,27-32H,1,3,23-26H2,2,4-8H3,(H,55,57)(H,56,58). The maximum absolute atomic E-state index is 14.1. The van der Waals surface area contributed by atoms with Crippen LogP contribution in [0.15, 0.2) is 155 Å². The van der Waals surface area contributed by atoms with Crippen LogP contribution in [0.5, 0.6) is 23.0 Å². The molecule has 67 heavy (non-hydrogen) atoms. The third-order valence-corrected chi connectivity index (χ3v) is 12.5. The van der Waals surface area contributed by atoms with E-state index in [9.17, 15) is 27.6 Å². The van der Waals surface area contributed by atoms with Crippen LogP contribution in [-0.4, -0.2) is 45.4 Å². The summed E-state index contributed by atoms with van der Waals surface area (Å²) in [5, 5.41) is 5.86. The average molecular weight is 921 g/mol. The second kappa shape index (κ2) is 21.5. The first-order valence-corrected chi connectivity index (χ1v) is 22.9. The highest BCUT2D eigenvalue weighted by Crippen LogP contribution is 2.35. The minimum Gasteiger partial charge on any atom is -0.462 e. The zero-order valence-electron chi connectivity index (χ0n) is 38.3. The number of nitrogens with one attached hydrogen (secondary N) is 2. The number of aryl methyl sites for hydroxylation is 4. The number of amides is 2. The molecule has 12 nitrogen and oxygen atoms in total. The number of esters is 2. The van der Waals surface area contributed by atoms with E-state index < -0.39 is 21.8 Å². The molecule has 2 N–H and O–H groups in total. The summed E-state index contributed by atoms with van der Waals surface area (Å²) < 4.78 is 51.1. The number of sulfone groups is 1. The van der Waals surface area contributed by atoms with Crippen LogP contribution in [0, 0.1) is 27.7 Å². The molecule has 0 fully saturated rings. The molecule has 6 aromatic carbocycles. The van der Waals surface area contributed by atoms with E-state index in [4.69, 9.17) is 18.9 Å². The summed E-state index contributed by atoms with van der Waals surface area (Å²) in [6.07, 6.45) is 0.958. The fourth-order valence-corrected chi connectivity index (χ4v) is 8.36. The third kappa shape index (κ3) is 12.3. The van der Waals surface area contributed by atoms with Crippen LogP contribution in [0.3, 0.4) is 0 Å². The van der Waals surface area contributed by atoms with Crippen molar-refractivity contribution in [2.24, 2.45) is 0 Å². The number of carbonyl (C=O) groups is 4. The second-order valence-corrected chi connectivity index (χ2v) is 18.0. The molecule has 0 radical (unpaired) electrons. The minimum atomic E-state index is -4.11. The van der Waals surface area contributed by atoms with Crippen molar-refractivity contribution in [3.63, 3.8) is 0 Å². The van der Waals surface area contributed by atoms with Gasteiger partial charge in [0.25, 0.3) is 11.8 Å². The van der Waals surface area contributed by atoms with E-state index >= 15 is 0 Å². The first-order valence-electron chi connectivity index (χ1n) is 21.4. The Balaban J connectivity index is 1.13. The predicted octanol–water partition coefficient (Wildman–Crippen LogP) is 11.2. The van der Waals surface area contributed by atoms with Crippen molar-refractivity contribution in [2.75, 3.05) is 23.8 Å². The Morgan fingerprint density at radius 1 is 0.507 bits per heavy atom. The van der Waals surface area contributed by atoms with Gasteiger partial charge in [0.2, 0.25) is 9.84 Å². The summed E-state index contributed by atoms with van der Waals surface area (Å²) >= 11 is 0. The Labute approximate surface area is 391 Å². The monoisotopic (exact) mass is 920 g/mol. The number of ether oxygens (including phenoxy) is 4.